The Balaban J connectivity index is 1.47. The number of nitrogens with zero attached hydrogens (tertiary/aromatic N) is 1. The van der Waals surface area contributed by atoms with Crippen molar-refractivity contribution in [2.24, 2.45) is 0 Å². The van der Waals surface area contributed by atoms with Gasteiger partial charge in [0.2, 0.25) is 5.91 Å². The molecule has 1 fully saturated rings. The number of carbonyl (C=O) groups is 2. The molecule has 1 aliphatic rings. The largest absolute Gasteiger partial charge is 0.494 e. The van der Waals surface area contributed by atoms with Crippen LogP contribution in [0.15, 0.2) is 48.5 Å². The fourth-order valence-electron chi connectivity index (χ4n) is 3.57. The molecule has 0 atom stereocenters. The van der Waals surface area contributed by atoms with Crippen LogP contribution in [0.1, 0.15) is 55.8 Å². The van der Waals surface area contributed by atoms with Crippen LogP contribution in [0.5, 0.6) is 5.75 Å². The Hall–Kier alpha value is -3.02. The molecule has 0 aromatic heterocycles. The van der Waals surface area contributed by atoms with Gasteiger partial charge >= 0.3 is 0 Å². The molecule has 2 N–H and O–H groups in total. The predicted octanol–water partition coefficient (Wildman–Crippen LogP) is 4.93. The maximum Gasteiger partial charge on any atom is 0.253 e. The highest BCUT2D eigenvalue weighted by Gasteiger charge is 2.17. The number of nitrogens with one attached hydrogen (secondary N) is 2. The van der Waals surface area contributed by atoms with Crippen LogP contribution < -0.4 is 15.4 Å². The maximum atomic E-state index is 12.7. The quantitative estimate of drug-likeness (QED) is 0.561. The third-order valence-corrected chi connectivity index (χ3v) is 5.36. The number of likely N-dealkylation sites (tertiary alicyclic amines) is 1. The second-order valence-electron chi connectivity index (χ2n) is 7.92. The van der Waals surface area contributed by atoms with Crippen LogP contribution in [0.3, 0.4) is 0 Å². The van der Waals surface area contributed by atoms with Crippen LogP contribution in [0.2, 0.25) is 0 Å². The first-order valence-electron chi connectivity index (χ1n) is 11.3. The summed E-state index contributed by atoms with van der Waals surface area (Å²) in [4.78, 5) is 26.9. The highest BCUT2D eigenvalue weighted by Crippen LogP contribution is 2.18. The first-order valence-corrected chi connectivity index (χ1v) is 11.3. The van der Waals surface area contributed by atoms with E-state index >= 15 is 0 Å². The van der Waals surface area contributed by atoms with Gasteiger partial charge in [0.1, 0.15) is 5.75 Å². The van der Waals surface area contributed by atoms with Gasteiger partial charge in [-0.05, 0) is 55.7 Å². The van der Waals surface area contributed by atoms with Crippen LogP contribution in [-0.4, -0.2) is 43.0 Å². The molecule has 1 heterocycles. The Morgan fingerprint density at radius 3 is 2.42 bits per heavy atom. The van der Waals surface area contributed by atoms with E-state index in [1.54, 1.807) is 0 Å². The number of hydrogen-bond acceptors (Lipinski definition) is 4. The van der Waals surface area contributed by atoms with Gasteiger partial charge in [-0.25, -0.2) is 0 Å². The molecule has 1 aliphatic heterocycles. The van der Waals surface area contributed by atoms with Gasteiger partial charge in [0, 0.05) is 36.1 Å². The van der Waals surface area contributed by atoms with Crippen molar-refractivity contribution in [3.8, 4) is 5.75 Å². The van der Waals surface area contributed by atoms with Crippen molar-refractivity contribution in [2.75, 3.05) is 36.9 Å². The van der Waals surface area contributed by atoms with Crippen LogP contribution in [0.25, 0.3) is 0 Å². The first kappa shape index (κ1) is 22.7. The van der Waals surface area contributed by atoms with Crippen molar-refractivity contribution in [2.45, 2.75) is 45.4 Å². The zero-order chi connectivity index (χ0) is 21.9. The zero-order valence-electron chi connectivity index (χ0n) is 18.4. The Morgan fingerprint density at radius 2 is 1.71 bits per heavy atom. The lowest BCUT2D eigenvalue weighted by molar-refractivity contribution is -0.114. The number of carbonyl (C=O) groups excluding carboxylic acids is 2. The third-order valence-electron chi connectivity index (χ3n) is 5.36. The van der Waals surface area contributed by atoms with Gasteiger partial charge in [-0.3, -0.25) is 9.59 Å². The Kier molecular flexibility index (Phi) is 8.76. The van der Waals surface area contributed by atoms with E-state index < -0.39 is 0 Å². The van der Waals surface area contributed by atoms with Crippen LogP contribution >= 0.6 is 0 Å². The van der Waals surface area contributed by atoms with Crippen molar-refractivity contribution in [1.29, 1.82) is 0 Å². The van der Waals surface area contributed by atoms with Crippen molar-refractivity contribution < 1.29 is 14.3 Å². The van der Waals surface area contributed by atoms with E-state index in [-0.39, 0.29) is 18.4 Å². The number of amides is 2. The highest BCUT2D eigenvalue weighted by molar-refractivity contribution is 5.95. The molecular formula is C25H33N3O3. The average molecular weight is 424 g/mol. The molecule has 2 aromatic rings. The number of hydrogen-bond donors (Lipinski definition) is 2. The van der Waals surface area contributed by atoms with Gasteiger partial charge in [0.15, 0.2) is 0 Å². The van der Waals surface area contributed by atoms with Crippen molar-refractivity contribution in [3.63, 3.8) is 0 Å². The molecule has 31 heavy (non-hydrogen) atoms. The highest BCUT2D eigenvalue weighted by atomic mass is 16.5. The molecule has 1 saturated heterocycles. The van der Waals surface area contributed by atoms with E-state index in [2.05, 4.69) is 17.6 Å². The smallest absolute Gasteiger partial charge is 0.253 e. The number of unbranched alkanes of at least 4 members (excludes halogenated alkanes) is 1. The van der Waals surface area contributed by atoms with Crippen molar-refractivity contribution >= 4 is 23.2 Å². The molecule has 2 aromatic carbocycles. The topological polar surface area (TPSA) is 70.7 Å². The first-order chi connectivity index (χ1) is 15.2. The fourth-order valence-corrected chi connectivity index (χ4v) is 3.57. The maximum absolute atomic E-state index is 12.7. The van der Waals surface area contributed by atoms with Crippen LogP contribution in [0.4, 0.5) is 11.4 Å². The number of rotatable bonds is 9. The summed E-state index contributed by atoms with van der Waals surface area (Å²) >= 11 is 0. The minimum atomic E-state index is -0.143. The van der Waals surface area contributed by atoms with Crippen molar-refractivity contribution in [3.05, 3.63) is 54.1 Å². The van der Waals surface area contributed by atoms with Crippen molar-refractivity contribution in [1.82, 2.24) is 4.90 Å². The summed E-state index contributed by atoms with van der Waals surface area (Å²) in [6.07, 6.45) is 6.64. The molecule has 3 rings (SSSR count). The SMILES string of the molecule is CCCCOc1cccc(NC(=O)CNc2ccc(C(=O)N3CCCCCC3)cc2)c1. The molecule has 0 spiro atoms. The van der Waals surface area contributed by atoms with E-state index in [9.17, 15) is 9.59 Å². The molecule has 6 nitrogen and oxygen atoms in total. The number of benzene rings is 2. The summed E-state index contributed by atoms with van der Waals surface area (Å²) in [5, 5.41) is 5.99. The average Bonchev–Trinajstić information content (AvgIpc) is 3.08. The molecule has 166 valence electrons. The standard InChI is InChI=1S/C25H33N3O3/c1-2-3-17-31-23-10-8-9-22(18-23)27-24(29)19-26-21-13-11-20(12-14-21)25(30)28-15-6-4-5-7-16-28/h8-14,18,26H,2-7,15-17,19H2,1H3,(H,27,29). The number of ether oxygens (including phenoxy) is 1. The van der Waals surface area contributed by atoms with E-state index in [0.717, 1.165) is 50.2 Å². The van der Waals surface area contributed by atoms with Gasteiger partial charge < -0.3 is 20.3 Å². The van der Waals surface area contributed by atoms with E-state index in [0.29, 0.717) is 17.9 Å². The number of anilines is 2. The molecule has 0 aliphatic carbocycles. The molecule has 0 saturated carbocycles. The normalized spacial score (nSPS) is 13.9. The Morgan fingerprint density at radius 1 is 0.968 bits per heavy atom. The summed E-state index contributed by atoms with van der Waals surface area (Å²) in [5.41, 5.74) is 2.20. The predicted molar refractivity (Wildman–Crippen MR) is 125 cm³/mol. The van der Waals surface area contributed by atoms with E-state index in [1.165, 1.54) is 12.8 Å². The molecule has 6 heteroatoms. The molecule has 0 radical (unpaired) electrons. The Labute approximate surface area is 185 Å². The summed E-state index contributed by atoms with van der Waals surface area (Å²) in [5.74, 6) is 0.700. The van der Waals surface area contributed by atoms with E-state index in [4.69, 9.17) is 4.74 Å². The summed E-state index contributed by atoms with van der Waals surface area (Å²) in [6.45, 7) is 4.61. The second-order valence-corrected chi connectivity index (χ2v) is 7.92. The van der Waals surface area contributed by atoms with Gasteiger partial charge in [-0.2, -0.15) is 0 Å². The van der Waals surface area contributed by atoms with Gasteiger partial charge in [-0.1, -0.05) is 32.3 Å². The lowest BCUT2D eigenvalue weighted by atomic mass is 10.1. The zero-order valence-corrected chi connectivity index (χ0v) is 18.4. The molecule has 0 bridgehead atoms. The fraction of sp³-hybridized carbons (Fsp3) is 0.440. The van der Waals surface area contributed by atoms with Gasteiger partial charge in [0.25, 0.3) is 5.91 Å². The molecular weight excluding hydrogens is 390 g/mol. The van der Waals surface area contributed by atoms with Crippen LogP contribution in [0, 0.1) is 0 Å². The lowest BCUT2D eigenvalue weighted by Gasteiger charge is -2.20. The second kappa shape index (κ2) is 12.0. The van der Waals surface area contributed by atoms with E-state index in [1.807, 2.05) is 53.4 Å². The summed E-state index contributed by atoms with van der Waals surface area (Å²) < 4.78 is 5.68. The van der Waals surface area contributed by atoms with Crippen LogP contribution in [-0.2, 0) is 4.79 Å². The molecule has 2 amide bonds. The monoisotopic (exact) mass is 423 g/mol. The van der Waals surface area contributed by atoms with Gasteiger partial charge in [-0.15, -0.1) is 0 Å². The third kappa shape index (κ3) is 7.31. The minimum Gasteiger partial charge on any atom is -0.494 e. The summed E-state index contributed by atoms with van der Waals surface area (Å²) in [7, 11) is 0. The summed E-state index contributed by atoms with van der Waals surface area (Å²) in [6, 6.07) is 14.8. The Bertz CT molecular complexity index is 843. The van der Waals surface area contributed by atoms with Gasteiger partial charge in [0.05, 0.1) is 13.2 Å². The minimum absolute atomic E-state index is 0.0900. The lowest BCUT2D eigenvalue weighted by Crippen LogP contribution is -2.31. The molecule has 0 unspecified atom stereocenters.